The Bertz CT molecular complexity index is 684. The maximum Gasteiger partial charge on any atom is 0.232 e. The largest absolute Gasteiger partial charge is 0.494 e. The van der Waals surface area contributed by atoms with Crippen LogP contribution in [0.3, 0.4) is 0 Å². The minimum Gasteiger partial charge on any atom is -0.494 e. The summed E-state index contributed by atoms with van der Waals surface area (Å²) < 4.78 is 5.66. The van der Waals surface area contributed by atoms with Gasteiger partial charge >= 0.3 is 0 Å². The average molecular weight is 330 g/mol. The van der Waals surface area contributed by atoms with Crippen LogP contribution in [0.1, 0.15) is 44.7 Å². The highest BCUT2D eigenvalue weighted by Gasteiger charge is 2.35. The third-order valence-corrected chi connectivity index (χ3v) is 4.32. The standard InChI is InChI=1S/C18H26N4O2/c1-5-18(4)10-16(23)22(17(20)21-18)11-14-9-13(12(3)19)7-8-15(14)24-6-2/h7-9H,3,5-6,10-11,19H2,1-2,4H3,(H2,20,21). The van der Waals surface area contributed by atoms with E-state index in [1.807, 2.05) is 39.0 Å². The van der Waals surface area contributed by atoms with Gasteiger partial charge in [-0.3, -0.25) is 9.69 Å². The number of rotatable bonds is 6. The lowest BCUT2D eigenvalue weighted by Gasteiger charge is -2.34. The molecule has 0 radical (unpaired) electrons. The van der Waals surface area contributed by atoms with Crippen LogP contribution in [0.5, 0.6) is 5.75 Å². The second-order valence-corrected chi connectivity index (χ2v) is 6.26. The molecule has 24 heavy (non-hydrogen) atoms. The van der Waals surface area contributed by atoms with Gasteiger partial charge in [0.05, 0.1) is 25.1 Å². The van der Waals surface area contributed by atoms with Gasteiger partial charge in [0.2, 0.25) is 5.91 Å². The van der Waals surface area contributed by atoms with E-state index in [-0.39, 0.29) is 11.9 Å². The third kappa shape index (κ3) is 3.69. The lowest BCUT2D eigenvalue weighted by molar-refractivity contribution is -0.129. The van der Waals surface area contributed by atoms with Gasteiger partial charge in [-0.25, -0.2) is 4.99 Å². The van der Waals surface area contributed by atoms with Crippen LogP contribution in [-0.4, -0.2) is 28.9 Å². The average Bonchev–Trinajstić information content (AvgIpc) is 2.52. The lowest BCUT2D eigenvalue weighted by atomic mass is 9.93. The fourth-order valence-electron chi connectivity index (χ4n) is 2.67. The van der Waals surface area contributed by atoms with Crippen LogP contribution >= 0.6 is 0 Å². The van der Waals surface area contributed by atoms with Crippen molar-refractivity contribution in [1.29, 1.82) is 0 Å². The minimum absolute atomic E-state index is 0.0359. The molecule has 1 aliphatic rings. The maximum atomic E-state index is 12.6. The van der Waals surface area contributed by atoms with Crippen LogP contribution in [0, 0.1) is 0 Å². The van der Waals surface area contributed by atoms with Crippen molar-refractivity contribution in [2.75, 3.05) is 6.61 Å². The van der Waals surface area contributed by atoms with Crippen LogP contribution in [-0.2, 0) is 11.3 Å². The Morgan fingerprint density at radius 2 is 2.17 bits per heavy atom. The van der Waals surface area contributed by atoms with Gasteiger partial charge in [-0.15, -0.1) is 0 Å². The van der Waals surface area contributed by atoms with Gasteiger partial charge in [0.15, 0.2) is 5.96 Å². The third-order valence-electron chi connectivity index (χ3n) is 4.32. The van der Waals surface area contributed by atoms with Crippen molar-refractivity contribution in [1.82, 2.24) is 4.90 Å². The number of carbonyl (C=O) groups is 1. The molecule has 2 rings (SSSR count). The van der Waals surface area contributed by atoms with Crippen LogP contribution in [0.2, 0.25) is 0 Å². The van der Waals surface area contributed by atoms with E-state index in [4.69, 9.17) is 16.2 Å². The van der Waals surface area contributed by atoms with Crippen molar-refractivity contribution >= 4 is 17.6 Å². The van der Waals surface area contributed by atoms with Gasteiger partial charge in [-0.05, 0) is 44.0 Å². The Morgan fingerprint density at radius 3 is 2.71 bits per heavy atom. The number of carbonyl (C=O) groups excluding carboxylic acids is 1. The van der Waals surface area contributed by atoms with Crippen molar-refractivity contribution in [2.45, 2.75) is 45.7 Å². The number of guanidine groups is 1. The van der Waals surface area contributed by atoms with Crippen molar-refractivity contribution in [3.63, 3.8) is 0 Å². The predicted octanol–water partition coefficient (Wildman–Crippen LogP) is 2.23. The summed E-state index contributed by atoms with van der Waals surface area (Å²) in [6, 6.07) is 5.56. The molecule has 4 N–H and O–H groups in total. The topological polar surface area (TPSA) is 93.9 Å². The molecule has 1 aromatic carbocycles. The van der Waals surface area contributed by atoms with E-state index >= 15 is 0 Å². The second-order valence-electron chi connectivity index (χ2n) is 6.26. The molecule has 1 amide bonds. The number of ether oxygens (including phenoxy) is 1. The van der Waals surface area contributed by atoms with Gasteiger partial charge in [-0.2, -0.15) is 0 Å². The lowest BCUT2D eigenvalue weighted by Crippen LogP contribution is -2.50. The normalized spacial score (nSPS) is 20.7. The maximum absolute atomic E-state index is 12.6. The van der Waals surface area contributed by atoms with Gasteiger partial charge < -0.3 is 16.2 Å². The first-order valence-corrected chi connectivity index (χ1v) is 8.15. The molecule has 1 unspecified atom stereocenters. The smallest absolute Gasteiger partial charge is 0.232 e. The first-order chi connectivity index (χ1) is 11.3. The monoisotopic (exact) mass is 330 g/mol. The van der Waals surface area contributed by atoms with Crippen LogP contribution in [0.15, 0.2) is 29.8 Å². The Labute approximate surface area is 143 Å². The number of hydrogen-bond donors (Lipinski definition) is 2. The molecule has 0 bridgehead atoms. The van der Waals surface area contributed by atoms with E-state index < -0.39 is 5.54 Å². The number of nitrogens with two attached hydrogens (primary N) is 2. The number of nitrogens with zero attached hydrogens (tertiary/aromatic N) is 2. The summed E-state index contributed by atoms with van der Waals surface area (Å²) >= 11 is 0. The molecule has 1 aromatic rings. The number of amides is 1. The molecule has 6 nitrogen and oxygen atoms in total. The molecule has 0 aliphatic carbocycles. The summed E-state index contributed by atoms with van der Waals surface area (Å²) in [7, 11) is 0. The van der Waals surface area contributed by atoms with Crippen molar-refractivity contribution in [2.24, 2.45) is 16.5 Å². The van der Waals surface area contributed by atoms with E-state index in [1.165, 1.54) is 4.90 Å². The molecule has 130 valence electrons. The van der Waals surface area contributed by atoms with Gasteiger partial charge in [0.25, 0.3) is 0 Å². The van der Waals surface area contributed by atoms with E-state index in [9.17, 15) is 4.79 Å². The minimum atomic E-state index is -0.423. The van der Waals surface area contributed by atoms with Gasteiger partial charge in [0.1, 0.15) is 5.75 Å². The molecular formula is C18H26N4O2. The molecule has 1 atom stereocenters. The van der Waals surface area contributed by atoms with E-state index in [1.54, 1.807) is 0 Å². The highest BCUT2D eigenvalue weighted by atomic mass is 16.5. The molecule has 0 saturated carbocycles. The van der Waals surface area contributed by atoms with Crippen LogP contribution < -0.4 is 16.2 Å². The first-order valence-electron chi connectivity index (χ1n) is 8.15. The molecule has 0 spiro atoms. The number of aliphatic imine (C=N–C) groups is 1. The second kappa shape index (κ2) is 6.95. The Balaban J connectivity index is 2.36. The molecule has 1 heterocycles. The van der Waals surface area contributed by atoms with Crippen molar-refractivity contribution in [3.05, 3.63) is 35.9 Å². The van der Waals surface area contributed by atoms with E-state index in [2.05, 4.69) is 11.6 Å². The van der Waals surface area contributed by atoms with E-state index in [0.717, 1.165) is 17.5 Å². The van der Waals surface area contributed by atoms with Gasteiger partial charge in [-0.1, -0.05) is 13.5 Å². The Hall–Kier alpha value is -2.50. The molecule has 0 saturated heterocycles. The van der Waals surface area contributed by atoms with Crippen LogP contribution in [0.25, 0.3) is 5.70 Å². The summed E-state index contributed by atoms with van der Waals surface area (Å²) in [6.45, 7) is 10.4. The van der Waals surface area contributed by atoms with Crippen molar-refractivity contribution < 1.29 is 9.53 Å². The quantitative estimate of drug-likeness (QED) is 0.836. The zero-order chi connectivity index (χ0) is 17.9. The fraction of sp³-hybridized carbons (Fsp3) is 0.444. The zero-order valence-corrected chi connectivity index (χ0v) is 14.6. The van der Waals surface area contributed by atoms with E-state index in [0.29, 0.717) is 31.0 Å². The van der Waals surface area contributed by atoms with Gasteiger partial charge in [0, 0.05) is 11.3 Å². The summed E-state index contributed by atoms with van der Waals surface area (Å²) in [4.78, 5) is 18.6. The number of benzene rings is 1. The highest BCUT2D eigenvalue weighted by molar-refractivity contribution is 5.99. The summed E-state index contributed by atoms with van der Waals surface area (Å²) in [5.74, 6) is 0.910. The Kier molecular flexibility index (Phi) is 5.17. The summed E-state index contributed by atoms with van der Waals surface area (Å²) in [5.41, 5.74) is 13.5. The van der Waals surface area contributed by atoms with Crippen molar-refractivity contribution in [3.8, 4) is 5.75 Å². The molecule has 0 fully saturated rings. The fourth-order valence-corrected chi connectivity index (χ4v) is 2.67. The molecule has 6 heteroatoms. The van der Waals surface area contributed by atoms with Crippen LogP contribution in [0.4, 0.5) is 0 Å². The molecule has 1 aliphatic heterocycles. The molecular weight excluding hydrogens is 304 g/mol. The molecule has 0 aromatic heterocycles. The SMILES string of the molecule is C=C(N)c1ccc(OCC)c(CN2C(=O)CC(C)(CC)N=C2N)c1. The summed E-state index contributed by atoms with van der Waals surface area (Å²) in [5, 5.41) is 0. The predicted molar refractivity (Wildman–Crippen MR) is 96.3 cm³/mol. The first kappa shape index (κ1) is 17.8. The number of hydrogen-bond acceptors (Lipinski definition) is 5. The Morgan fingerprint density at radius 1 is 1.46 bits per heavy atom. The zero-order valence-electron chi connectivity index (χ0n) is 14.6. The highest BCUT2D eigenvalue weighted by Crippen LogP contribution is 2.29. The summed E-state index contributed by atoms with van der Waals surface area (Å²) in [6.07, 6.45) is 1.11.